The number of ether oxygens (including phenoxy) is 1. The van der Waals surface area contributed by atoms with Gasteiger partial charge in [0.2, 0.25) is 0 Å². The molecule has 0 saturated carbocycles. The maximum atomic E-state index is 5.48. The average Bonchev–Trinajstić information content (AvgIpc) is 2.61. The Hall–Kier alpha value is -1.20. The number of nitrogens with zero attached hydrogens (tertiary/aromatic N) is 3. The van der Waals surface area contributed by atoms with E-state index in [4.69, 9.17) is 4.74 Å². The fourth-order valence-electron chi connectivity index (χ4n) is 2.41. The van der Waals surface area contributed by atoms with Crippen LogP contribution >= 0.6 is 12.8 Å². The van der Waals surface area contributed by atoms with E-state index in [1.54, 1.807) is 3.97 Å². The van der Waals surface area contributed by atoms with E-state index >= 15 is 0 Å². The van der Waals surface area contributed by atoms with Gasteiger partial charge < -0.3 is 9.64 Å². The summed E-state index contributed by atoms with van der Waals surface area (Å²) >= 11 is 4.37. The van der Waals surface area contributed by atoms with Crippen molar-refractivity contribution in [3.8, 4) is 0 Å². The molecule has 96 valence electrons. The van der Waals surface area contributed by atoms with Crippen molar-refractivity contribution < 1.29 is 4.74 Å². The van der Waals surface area contributed by atoms with Gasteiger partial charge in [0.05, 0.1) is 18.5 Å². The molecule has 1 aliphatic heterocycles. The summed E-state index contributed by atoms with van der Waals surface area (Å²) in [5.74, 6) is 0. The number of fused-ring (bicyclic) bond motifs is 1. The number of rotatable bonds is 1. The van der Waals surface area contributed by atoms with Gasteiger partial charge in [0.1, 0.15) is 5.65 Å². The monoisotopic (exact) mass is 263 g/mol. The zero-order valence-electron chi connectivity index (χ0n) is 10.5. The van der Waals surface area contributed by atoms with Gasteiger partial charge in [-0.3, -0.25) is 3.97 Å². The quantitative estimate of drug-likeness (QED) is 0.801. The van der Waals surface area contributed by atoms with Gasteiger partial charge in [-0.2, -0.15) is 0 Å². The predicted octanol–water partition coefficient (Wildman–Crippen LogP) is 2.26. The molecule has 0 unspecified atom stereocenters. The second kappa shape index (κ2) is 4.82. The standard InChI is InChI=1S/C13H17N3OS/c1-10-9-16(18)13-12(10)7-11(8-14-13)15-3-2-5-17-6-4-15/h7-9,18H,2-6H2,1H3. The van der Waals surface area contributed by atoms with Crippen LogP contribution in [0.5, 0.6) is 0 Å². The van der Waals surface area contributed by atoms with Gasteiger partial charge in [0.15, 0.2) is 0 Å². The maximum absolute atomic E-state index is 5.48. The molecule has 4 nitrogen and oxygen atoms in total. The van der Waals surface area contributed by atoms with Crippen molar-refractivity contribution in [3.63, 3.8) is 0 Å². The molecule has 3 rings (SSSR count). The Morgan fingerprint density at radius 3 is 3.11 bits per heavy atom. The van der Waals surface area contributed by atoms with Crippen molar-refractivity contribution in [1.82, 2.24) is 8.96 Å². The minimum Gasteiger partial charge on any atom is -0.380 e. The summed E-state index contributed by atoms with van der Waals surface area (Å²) in [6.07, 6.45) is 5.00. The van der Waals surface area contributed by atoms with E-state index in [1.807, 2.05) is 12.4 Å². The Labute approximate surface area is 112 Å². The Kier molecular flexibility index (Phi) is 3.18. The fraction of sp³-hybridized carbons (Fsp3) is 0.462. The van der Waals surface area contributed by atoms with Crippen LogP contribution in [0, 0.1) is 6.92 Å². The van der Waals surface area contributed by atoms with E-state index in [9.17, 15) is 0 Å². The van der Waals surface area contributed by atoms with E-state index in [0.717, 1.165) is 38.4 Å². The molecule has 0 radical (unpaired) electrons. The molecule has 5 heteroatoms. The second-order valence-corrected chi connectivity index (χ2v) is 5.11. The summed E-state index contributed by atoms with van der Waals surface area (Å²) in [5, 5.41) is 1.17. The molecule has 2 aromatic rings. The molecule has 0 bridgehead atoms. The summed E-state index contributed by atoms with van der Waals surface area (Å²) in [7, 11) is 0. The lowest BCUT2D eigenvalue weighted by Gasteiger charge is -2.21. The first-order valence-corrected chi connectivity index (χ1v) is 6.65. The van der Waals surface area contributed by atoms with Gasteiger partial charge in [-0.25, -0.2) is 4.98 Å². The van der Waals surface area contributed by atoms with Crippen molar-refractivity contribution >= 4 is 29.5 Å². The molecular weight excluding hydrogens is 246 g/mol. The first-order chi connectivity index (χ1) is 8.75. The second-order valence-electron chi connectivity index (χ2n) is 4.67. The highest BCUT2D eigenvalue weighted by Crippen LogP contribution is 2.25. The lowest BCUT2D eigenvalue weighted by atomic mass is 10.2. The summed E-state index contributed by atoms with van der Waals surface area (Å²) in [4.78, 5) is 6.85. The SMILES string of the molecule is Cc1cn(S)c2ncc(N3CCCOCC3)cc12. The summed E-state index contributed by atoms with van der Waals surface area (Å²) in [6.45, 7) is 5.72. The number of aromatic nitrogens is 2. The predicted molar refractivity (Wildman–Crippen MR) is 76.5 cm³/mol. The first kappa shape index (κ1) is 11.9. The molecule has 3 heterocycles. The van der Waals surface area contributed by atoms with Gasteiger partial charge in [-0.05, 0) is 25.0 Å². The van der Waals surface area contributed by atoms with Gasteiger partial charge >= 0.3 is 0 Å². The third-order valence-corrected chi connectivity index (χ3v) is 3.70. The molecule has 0 N–H and O–H groups in total. The van der Waals surface area contributed by atoms with Crippen molar-refractivity contribution in [2.24, 2.45) is 0 Å². The number of pyridine rings is 1. The molecular formula is C13H17N3OS. The minimum atomic E-state index is 0.796. The Morgan fingerprint density at radius 2 is 2.22 bits per heavy atom. The molecule has 0 aromatic carbocycles. The molecule has 1 aliphatic rings. The third kappa shape index (κ3) is 2.08. The molecule has 0 amide bonds. The summed E-state index contributed by atoms with van der Waals surface area (Å²) in [6, 6.07) is 2.20. The highest BCUT2D eigenvalue weighted by Gasteiger charge is 2.13. The fourth-order valence-corrected chi connectivity index (χ4v) is 2.74. The smallest absolute Gasteiger partial charge is 0.150 e. The normalized spacial score (nSPS) is 17.1. The zero-order chi connectivity index (χ0) is 12.5. The highest BCUT2D eigenvalue weighted by atomic mass is 32.1. The van der Waals surface area contributed by atoms with E-state index in [1.165, 1.54) is 16.6 Å². The molecule has 0 atom stereocenters. The molecule has 1 fully saturated rings. The summed E-state index contributed by atoms with van der Waals surface area (Å²) in [5.41, 5.74) is 3.31. The maximum Gasteiger partial charge on any atom is 0.150 e. The zero-order valence-corrected chi connectivity index (χ0v) is 11.4. The van der Waals surface area contributed by atoms with Crippen LogP contribution in [0.2, 0.25) is 0 Å². The van der Waals surface area contributed by atoms with E-state index in [-0.39, 0.29) is 0 Å². The van der Waals surface area contributed by atoms with Crippen LogP contribution in [-0.2, 0) is 4.74 Å². The number of aryl methyl sites for hydroxylation is 1. The topological polar surface area (TPSA) is 30.3 Å². The number of hydrogen-bond donors (Lipinski definition) is 1. The van der Waals surface area contributed by atoms with Crippen LogP contribution in [0.1, 0.15) is 12.0 Å². The highest BCUT2D eigenvalue weighted by molar-refractivity contribution is 7.78. The lowest BCUT2D eigenvalue weighted by Crippen LogP contribution is -2.25. The van der Waals surface area contributed by atoms with Crippen LogP contribution in [0.4, 0.5) is 5.69 Å². The van der Waals surface area contributed by atoms with Crippen LogP contribution in [0.15, 0.2) is 18.5 Å². The minimum absolute atomic E-state index is 0.796. The molecule has 18 heavy (non-hydrogen) atoms. The van der Waals surface area contributed by atoms with E-state index in [2.05, 4.69) is 35.7 Å². The molecule has 2 aromatic heterocycles. The van der Waals surface area contributed by atoms with Crippen LogP contribution in [0.3, 0.4) is 0 Å². The lowest BCUT2D eigenvalue weighted by molar-refractivity contribution is 0.152. The van der Waals surface area contributed by atoms with Crippen molar-refractivity contribution in [2.75, 3.05) is 31.2 Å². The number of anilines is 1. The van der Waals surface area contributed by atoms with Crippen molar-refractivity contribution in [1.29, 1.82) is 0 Å². The van der Waals surface area contributed by atoms with Crippen LogP contribution in [-0.4, -0.2) is 35.3 Å². The van der Waals surface area contributed by atoms with Crippen molar-refractivity contribution in [3.05, 3.63) is 24.0 Å². The van der Waals surface area contributed by atoms with Gasteiger partial charge in [0.25, 0.3) is 0 Å². The van der Waals surface area contributed by atoms with Crippen molar-refractivity contribution in [2.45, 2.75) is 13.3 Å². The summed E-state index contributed by atoms with van der Waals surface area (Å²) < 4.78 is 7.26. The van der Waals surface area contributed by atoms with E-state index in [0.29, 0.717) is 0 Å². The Balaban J connectivity index is 1.99. The third-order valence-electron chi connectivity index (χ3n) is 3.40. The average molecular weight is 263 g/mol. The molecule has 0 spiro atoms. The largest absolute Gasteiger partial charge is 0.380 e. The first-order valence-electron chi connectivity index (χ1n) is 6.25. The molecule has 1 saturated heterocycles. The number of hydrogen-bond acceptors (Lipinski definition) is 4. The Morgan fingerprint density at radius 1 is 1.33 bits per heavy atom. The van der Waals surface area contributed by atoms with Gasteiger partial charge in [-0.15, -0.1) is 0 Å². The number of thiol groups is 1. The Bertz CT molecular complexity index is 559. The van der Waals surface area contributed by atoms with Gasteiger partial charge in [-0.1, -0.05) is 12.8 Å². The van der Waals surface area contributed by atoms with Crippen LogP contribution in [0.25, 0.3) is 11.0 Å². The van der Waals surface area contributed by atoms with Crippen LogP contribution < -0.4 is 4.90 Å². The van der Waals surface area contributed by atoms with E-state index < -0.39 is 0 Å². The van der Waals surface area contributed by atoms with Gasteiger partial charge in [0, 0.05) is 31.3 Å². The molecule has 0 aliphatic carbocycles.